The van der Waals surface area contributed by atoms with Crippen molar-refractivity contribution >= 4 is 33.7 Å². The maximum atomic E-state index is 13.9. The number of hydrogen-bond donors (Lipinski definition) is 2. The van der Waals surface area contributed by atoms with Gasteiger partial charge in [-0.3, -0.25) is 9.78 Å². The maximum absolute atomic E-state index is 13.9. The lowest BCUT2D eigenvalue weighted by atomic mass is 9.99. The number of benzene rings is 4. The van der Waals surface area contributed by atoms with Gasteiger partial charge in [0, 0.05) is 29.7 Å². The van der Waals surface area contributed by atoms with Crippen LogP contribution in [0, 0.1) is 0 Å². The van der Waals surface area contributed by atoms with Crippen molar-refractivity contribution < 1.29 is 14.7 Å². The lowest BCUT2D eigenvalue weighted by Crippen LogP contribution is -2.27. The number of amides is 1. The summed E-state index contributed by atoms with van der Waals surface area (Å²) in [4.78, 5) is 29.5. The zero-order valence-corrected chi connectivity index (χ0v) is 21.9. The molecule has 0 fully saturated rings. The van der Waals surface area contributed by atoms with E-state index in [9.17, 15) is 14.7 Å². The zero-order chi connectivity index (χ0) is 27.6. The number of rotatable bonds is 7. The molecule has 2 N–H and O–H groups in total. The van der Waals surface area contributed by atoms with Gasteiger partial charge in [-0.05, 0) is 77.7 Å². The van der Waals surface area contributed by atoms with Gasteiger partial charge in [-0.25, -0.2) is 4.79 Å². The molecule has 0 saturated carbocycles. The van der Waals surface area contributed by atoms with E-state index in [-0.39, 0.29) is 17.5 Å². The normalized spacial score (nSPS) is 11.9. The first-order valence-corrected chi connectivity index (χ1v) is 13.1. The van der Waals surface area contributed by atoms with Gasteiger partial charge in [-0.1, -0.05) is 54.6 Å². The Morgan fingerprint density at radius 1 is 0.850 bits per heavy atom. The largest absolute Gasteiger partial charge is 0.478 e. The van der Waals surface area contributed by atoms with Crippen molar-refractivity contribution in [3.63, 3.8) is 0 Å². The van der Waals surface area contributed by atoms with Gasteiger partial charge in [0.1, 0.15) is 0 Å². The summed E-state index contributed by atoms with van der Waals surface area (Å²) in [7, 11) is 0. The summed E-state index contributed by atoms with van der Waals surface area (Å²) in [5.41, 5.74) is 6.53. The van der Waals surface area contributed by atoms with E-state index < -0.39 is 5.97 Å². The first-order valence-electron chi connectivity index (χ1n) is 13.1. The van der Waals surface area contributed by atoms with Crippen molar-refractivity contribution in [2.24, 2.45) is 0 Å². The van der Waals surface area contributed by atoms with Crippen LogP contribution < -0.4 is 5.32 Å². The van der Waals surface area contributed by atoms with Gasteiger partial charge in [-0.15, -0.1) is 0 Å². The van der Waals surface area contributed by atoms with Crippen molar-refractivity contribution in [3.05, 3.63) is 138 Å². The van der Waals surface area contributed by atoms with E-state index in [4.69, 9.17) is 0 Å². The molecular formula is C34H27N3O3. The fourth-order valence-corrected chi connectivity index (χ4v) is 5.14. The van der Waals surface area contributed by atoms with Crippen molar-refractivity contribution in [2.45, 2.75) is 19.5 Å². The van der Waals surface area contributed by atoms with Crippen LogP contribution in [0.2, 0.25) is 0 Å². The van der Waals surface area contributed by atoms with Gasteiger partial charge in [-0.2, -0.15) is 0 Å². The molecule has 1 atom stereocenters. The number of carbonyl (C=O) groups excluding carboxylic acids is 1. The Labute approximate surface area is 231 Å². The third-order valence-electron chi connectivity index (χ3n) is 7.24. The first-order chi connectivity index (χ1) is 19.5. The second kappa shape index (κ2) is 10.5. The van der Waals surface area contributed by atoms with E-state index in [0.29, 0.717) is 12.1 Å². The van der Waals surface area contributed by atoms with Crippen molar-refractivity contribution in [1.29, 1.82) is 0 Å². The number of nitrogens with zero attached hydrogens (tertiary/aromatic N) is 2. The molecule has 0 aliphatic heterocycles. The van der Waals surface area contributed by atoms with Crippen LogP contribution in [0.3, 0.4) is 0 Å². The Morgan fingerprint density at radius 3 is 2.42 bits per heavy atom. The molecule has 0 aliphatic rings. The third kappa shape index (κ3) is 4.95. The molecule has 1 amide bonds. The monoisotopic (exact) mass is 525 g/mol. The lowest BCUT2D eigenvalue weighted by Gasteiger charge is -2.17. The minimum atomic E-state index is -0.980. The molecule has 2 aromatic heterocycles. The quantitative estimate of drug-likeness (QED) is 0.233. The SMILES string of the molecule is C[C@H](NC(=O)c1cc(-c2ccccc2)cc2ccn(Cc3ccc4ncccc4c3)c12)c1ccc(C(=O)O)cc1. The van der Waals surface area contributed by atoms with Crippen LogP contribution >= 0.6 is 0 Å². The van der Waals surface area contributed by atoms with E-state index in [1.807, 2.05) is 61.7 Å². The molecular weight excluding hydrogens is 498 g/mol. The Kier molecular flexibility index (Phi) is 6.58. The second-order valence-electron chi connectivity index (χ2n) is 9.92. The summed E-state index contributed by atoms with van der Waals surface area (Å²) in [6.07, 6.45) is 3.82. The Balaban J connectivity index is 1.39. The first kappa shape index (κ1) is 25.1. The molecule has 2 heterocycles. The summed E-state index contributed by atoms with van der Waals surface area (Å²) in [6, 6.07) is 32.6. The zero-order valence-electron chi connectivity index (χ0n) is 21.9. The average Bonchev–Trinajstić information content (AvgIpc) is 3.39. The van der Waals surface area contributed by atoms with E-state index in [0.717, 1.165) is 44.1 Å². The number of carboxylic acid groups (broad SMARTS) is 1. The van der Waals surface area contributed by atoms with E-state index in [1.54, 1.807) is 30.5 Å². The molecule has 6 aromatic rings. The number of hydrogen-bond acceptors (Lipinski definition) is 3. The topological polar surface area (TPSA) is 84.2 Å². The highest BCUT2D eigenvalue weighted by Gasteiger charge is 2.19. The van der Waals surface area contributed by atoms with Crippen LogP contribution in [-0.2, 0) is 6.54 Å². The highest BCUT2D eigenvalue weighted by molar-refractivity contribution is 6.08. The average molecular weight is 526 g/mol. The fourth-order valence-electron chi connectivity index (χ4n) is 5.14. The van der Waals surface area contributed by atoms with Crippen LogP contribution in [0.25, 0.3) is 32.9 Å². The summed E-state index contributed by atoms with van der Waals surface area (Å²) in [5, 5.41) is 14.4. The molecule has 0 radical (unpaired) electrons. The van der Waals surface area contributed by atoms with Gasteiger partial charge in [0.15, 0.2) is 0 Å². The molecule has 0 saturated heterocycles. The van der Waals surface area contributed by atoms with E-state index in [2.05, 4.69) is 45.2 Å². The molecule has 196 valence electrons. The molecule has 6 heteroatoms. The molecule has 0 unspecified atom stereocenters. The summed E-state index contributed by atoms with van der Waals surface area (Å²) < 4.78 is 2.11. The Bertz CT molecular complexity index is 1860. The molecule has 4 aromatic carbocycles. The standard InChI is InChI=1S/C34H27N3O3/c1-22(24-10-12-26(13-11-24)34(39)40)36-33(38)30-20-29(25-6-3-2-4-7-25)19-28-15-17-37(32(28)30)21-23-9-14-31-27(18-23)8-5-16-35-31/h2-20,22H,21H2,1H3,(H,36,38)(H,39,40)/t22-/m0/s1. The van der Waals surface area contributed by atoms with Crippen LogP contribution in [-0.4, -0.2) is 26.5 Å². The summed E-state index contributed by atoms with van der Waals surface area (Å²) in [5.74, 6) is -1.17. The van der Waals surface area contributed by atoms with Crippen molar-refractivity contribution in [3.8, 4) is 11.1 Å². The number of pyridine rings is 1. The molecule has 0 spiro atoms. The van der Waals surface area contributed by atoms with Crippen LogP contribution in [0.15, 0.2) is 116 Å². The smallest absolute Gasteiger partial charge is 0.335 e. The van der Waals surface area contributed by atoms with Crippen LogP contribution in [0.5, 0.6) is 0 Å². The van der Waals surface area contributed by atoms with Crippen molar-refractivity contribution in [2.75, 3.05) is 0 Å². The number of nitrogens with one attached hydrogen (secondary N) is 1. The summed E-state index contributed by atoms with van der Waals surface area (Å²) in [6.45, 7) is 2.50. The number of aromatic carboxylic acids is 1. The number of carboxylic acids is 1. The number of fused-ring (bicyclic) bond motifs is 2. The maximum Gasteiger partial charge on any atom is 0.335 e. The fraction of sp³-hybridized carbons (Fsp3) is 0.0882. The Hall–Kier alpha value is -5.23. The predicted octanol–water partition coefficient (Wildman–Crippen LogP) is 7.09. The van der Waals surface area contributed by atoms with Gasteiger partial charge < -0.3 is 15.0 Å². The van der Waals surface area contributed by atoms with Gasteiger partial charge in [0.2, 0.25) is 0 Å². The second-order valence-corrected chi connectivity index (χ2v) is 9.92. The van der Waals surface area contributed by atoms with E-state index >= 15 is 0 Å². The van der Waals surface area contributed by atoms with Gasteiger partial charge in [0.25, 0.3) is 5.91 Å². The highest BCUT2D eigenvalue weighted by atomic mass is 16.4. The third-order valence-corrected chi connectivity index (χ3v) is 7.24. The minimum Gasteiger partial charge on any atom is -0.478 e. The molecule has 6 rings (SSSR count). The van der Waals surface area contributed by atoms with Gasteiger partial charge in [0.05, 0.1) is 28.2 Å². The molecule has 6 nitrogen and oxygen atoms in total. The molecule has 0 aliphatic carbocycles. The van der Waals surface area contributed by atoms with Crippen LogP contribution in [0.4, 0.5) is 0 Å². The summed E-state index contributed by atoms with van der Waals surface area (Å²) >= 11 is 0. The Morgan fingerprint density at radius 2 is 1.65 bits per heavy atom. The highest BCUT2D eigenvalue weighted by Crippen LogP contribution is 2.30. The lowest BCUT2D eigenvalue weighted by molar-refractivity contribution is 0.0696. The molecule has 0 bridgehead atoms. The van der Waals surface area contributed by atoms with Gasteiger partial charge >= 0.3 is 5.97 Å². The number of carbonyl (C=O) groups is 2. The predicted molar refractivity (Wildman–Crippen MR) is 158 cm³/mol. The number of aromatic nitrogens is 2. The minimum absolute atomic E-state index is 0.194. The van der Waals surface area contributed by atoms with Crippen LogP contribution in [0.1, 0.15) is 44.8 Å². The van der Waals surface area contributed by atoms with E-state index in [1.165, 1.54) is 0 Å². The molecule has 40 heavy (non-hydrogen) atoms. The van der Waals surface area contributed by atoms with Crippen molar-refractivity contribution in [1.82, 2.24) is 14.9 Å².